The zero-order valence-corrected chi connectivity index (χ0v) is 52.6. The molecule has 16 rings (SSSR count). The number of pyridine rings is 7. The van der Waals surface area contributed by atoms with E-state index in [1.54, 1.807) is 18.6 Å². The summed E-state index contributed by atoms with van der Waals surface area (Å²) in [5.74, 6) is 1.82. The molecule has 0 saturated heterocycles. The smallest absolute Gasteiger partial charge is 0.576 e. The van der Waals surface area contributed by atoms with E-state index in [0.717, 1.165) is 87.7 Å². The molecule has 0 aliphatic carbocycles. The maximum absolute atomic E-state index is 6.41. The summed E-state index contributed by atoms with van der Waals surface area (Å²) in [6, 6.07) is 88.2. The highest BCUT2D eigenvalue weighted by molar-refractivity contribution is 7.55. The molecule has 10 nitrogen and oxygen atoms in total. The average Bonchev–Trinajstić information content (AvgIpc) is 0.909. The summed E-state index contributed by atoms with van der Waals surface area (Å²) >= 11 is -2.86. The lowest BCUT2D eigenvalue weighted by Gasteiger charge is -2.18. The van der Waals surface area contributed by atoms with Gasteiger partial charge in [0, 0.05) is 80.1 Å². The molecule has 7 aromatic heterocycles. The lowest BCUT2D eigenvalue weighted by atomic mass is 9.95. The van der Waals surface area contributed by atoms with Crippen molar-refractivity contribution in [3.05, 3.63) is 303 Å². The number of aromatic nitrogens is 7. The van der Waals surface area contributed by atoms with Gasteiger partial charge in [0.2, 0.25) is 0 Å². The first-order valence-electron chi connectivity index (χ1n) is 30.0. The van der Waals surface area contributed by atoms with Crippen LogP contribution in [0.2, 0.25) is 6.82 Å². The Bertz CT molecular complexity index is 4800. The number of para-hydroxylation sites is 3. The van der Waals surface area contributed by atoms with Crippen molar-refractivity contribution in [2.75, 3.05) is 0 Å². The molecule has 0 aliphatic heterocycles. The van der Waals surface area contributed by atoms with E-state index in [2.05, 4.69) is 193 Å². The molecular formula is C79H63AlBN7O3P. The second-order valence-electron chi connectivity index (χ2n) is 21.5. The van der Waals surface area contributed by atoms with Crippen LogP contribution in [0.3, 0.4) is 0 Å². The van der Waals surface area contributed by atoms with E-state index >= 15 is 0 Å². The van der Waals surface area contributed by atoms with Gasteiger partial charge in [-0.3, -0.25) is 34.9 Å². The molecule has 13 heteroatoms. The zero-order valence-electron chi connectivity index (χ0n) is 50.3. The number of aryl methyl sites for hydroxylation is 2. The molecule has 0 saturated carbocycles. The Labute approximate surface area is 543 Å². The van der Waals surface area contributed by atoms with Crippen molar-refractivity contribution in [3.63, 3.8) is 0 Å². The highest BCUT2D eigenvalue weighted by Gasteiger charge is 2.46. The Morgan fingerprint density at radius 3 is 0.913 bits per heavy atom. The fourth-order valence-electron chi connectivity index (χ4n) is 11.4. The Hall–Kier alpha value is -10.7. The van der Waals surface area contributed by atoms with E-state index in [4.69, 9.17) is 21.3 Å². The van der Waals surface area contributed by atoms with E-state index < -0.39 is 15.1 Å². The maximum Gasteiger partial charge on any atom is 1.20 e. The molecule has 0 N–H and O–H groups in total. The predicted molar refractivity (Wildman–Crippen MR) is 386 cm³/mol. The van der Waals surface area contributed by atoms with Crippen molar-refractivity contribution in [2.45, 2.75) is 28.1 Å². The first-order chi connectivity index (χ1) is 44.9. The van der Waals surface area contributed by atoms with Gasteiger partial charge < -0.3 is 11.4 Å². The monoisotopic (exact) mass is 1230 g/mol. The molecule has 1 atom stereocenters. The standard InChI is InChI=1S/C26H20N2.C24H16N2.3C9H7NO.CH5BP.CH4.Al/c1-17-15-23(19-9-5-3-6-10-19)21-13-14-22-24(20-11-7-4-8-12-20)16-18(2)28-26(22)25(21)27-17;1-3-7-17(8-4-1)19-13-15-25-23-21(19)11-12-22-20(14-16-26-24(22)23)18-9-5-2-6-10-18;3*11-8-5-1-3-7-4-2-6-10-9(7)8;1-2-3;;/h3-16H,1-2H3;1-16H;3*1-6,11H;3H2,1H3;1H4;/q;;;;;;;+3/p-3. The van der Waals surface area contributed by atoms with Crippen LogP contribution in [0.15, 0.2) is 292 Å². The Morgan fingerprint density at radius 1 is 0.304 bits per heavy atom. The maximum atomic E-state index is 6.41. The predicted octanol–water partition coefficient (Wildman–Crippen LogP) is 19.9. The van der Waals surface area contributed by atoms with Crippen molar-refractivity contribution in [2.24, 2.45) is 0 Å². The lowest BCUT2D eigenvalue weighted by molar-refractivity contribution is 0.311. The molecule has 0 bridgehead atoms. The molecule has 443 valence electrons. The summed E-state index contributed by atoms with van der Waals surface area (Å²) in [5.41, 5.74) is 17.7. The first-order valence-corrected chi connectivity index (χ1v) is 32.1. The van der Waals surface area contributed by atoms with Crippen LogP contribution in [0.1, 0.15) is 18.8 Å². The Kier molecular flexibility index (Phi) is 19.3. The van der Waals surface area contributed by atoms with Crippen molar-refractivity contribution in [1.29, 1.82) is 0 Å². The summed E-state index contributed by atoms with van der Waals surface area (Å²) in [7, 11) is 2.45. The SMILES string of the molecule is C.C[B]P.Cc1cc(-c2ccccc2)c2ccc3c(-c4ccccc4)cc(C)nc3c2n1.c1ccc(-c2ccnc3c2ccc2c(-c4ccccc4)ccnc23)cc1.c1cnc2c([O][Al]([O]c3cccc4cccnc34)[O]c3cccc4cccnc34)cccc2c1. The molecule has 16 aromatic rings. The Balaban J connectivity index is 0.000000131. The quantitative estimate of drug-likeness (QED) is 0.0744. The fraction of sp³-hybridized carbons (Fsp3) is 0.0506. The van der Waals surface area contributed by atoms with Gasteiger partial charge in [0.1, 0.15) is 40.8 Å². The molecule has 0 fully saturated rings. The topological polar surface area (TPSA) is 118 Å². The number of hydrogen-bond acceptors (Lipinski definition) is 10. The third-order valence-corrected chi connectivity index (χ3v) is 16.8. The van der Waals surface area contributed by atoms with Crippen LogP contribution >= 0.6 is 9.12 Å². The highest BCUT2D eigenvalue weighted by Crippen LogP contribution is 2.38. The van der Waals surface area contributed by atoms with Crippen LogP contribution in [0.25, 0.3) is 121 Å². The largest absolute Gasteiger partial charge is 1.20 e. The van der Waals surface area contributed by atoms with Gasteiger partial charge in [0.25, 0.3) is 0 Å². The number of rotatable bonds is 10. The van der Waals surface area contributed by atoms with Crippen molar-refractivity contribution in [3.8, 4) is 61.8 Å². The van der Waals surface area contributed by atoms with E-state index in [0.29, 0.717) is 17.2 Å². The van der Waals surface area contributed by atoms with Crippen molar-refractivity contribution in [1.82, 2.24) is 34.9 Å². The summed E-state index contributed by atoms with van der Waals surface area (Å²) in [6.45, 7) is 7.99. The van der Waals surface area contributed by atoms with E-state index in [-0.39, 0.29) is 7.43 Å². The van der Waals surface area contributed by atoms with Gasteiger partial charge in [-0.1, -0.05) is 214 Å². The zero-order chi connectivity index (χ0) is 61.9. The second kappa shape index (κ2) is 28.8. The molecule has 0 aliphatic rings. The van der Waals surface area contributed by atoms with Gasteiger partial charge in [0.05, 0.1) is 22.1 Å². The fourth-order valence-corrected chi connectivity index (χ4v) is 12.7. The van der Waals surface area contributed by atoms with Crippen LogP contribution < -0.4 is 11.4 Å². The third-order valence-electron chi connectivity index (χ3n) is 15.4. The van der Waals surface area contributed by atoms with Gasteiger partial charge in [-0.25, -0.2) is 0 Å². The molecule has 7 heterocycles. The summed E-state index contributed by atoms with van der Waals surface area (Å²) in [6.07, 6.45) is 8.99. The van der Waals surface area contributed by atoms with Crippen LogP contribution in [0.4, 0.5) is 0 Å². The average molecular weight is 1230 g/mol. The van der Waals surface area contributed by atoms with E-state index in [9.17, 15) is 0 Å². The van der Waals surface area contributed by atoms with Crippen LogP contribution in [-0.2, 0) is 0 Å². The van der Waals surface area contributed by atoms with Gasteiger partial charge in [-0.2, -0.15) is 9.12 Å². The van der Waals surface area contributed by atoms with E-state index in [1.807, 2.05) is 141 Å². The Morgan fingerprint density at radius 2 is 0.587 bits per heavy atom. The molecule has 1 unspecified atom stereocenters. The summed E-state index contributed by atoms with van der Waals surface area (Å²) < 4.78 is 19.2. The van der Waals surface area contributed by atoms with Crippen LogP contribution in [0, 0.1) is 13.8 Å². The first kappa shape index (κ1) is 61.5. The molecule has 9 aromatic carbocycles. The van der Waals surface area contributed by atoms with Crippen molar-refractivity contribution >= 4 is 108 Å². The van der Waals surface area contributed by atoms with Gasteiger partial charge in [-0.15, -0.1) is 0 Å². The molecule has 92 heavy (non-hydrogen) atoms. The van der Waals surface area contributed by atoms with Crippen LogP contribution in [0.5, 0.6) is 17.2 Å². The minimum atomic E-state index is -2.86. The number of benzene rings is 9. The molecule has 0 amide bonds. The number of nitrogens with zero attached hydrogens (tertiary/aromatic N) is 7. The normalized spacial score (nSPS) is 10.7. The third kappa shape index (κ3) is 13.4. The lowest BCUT2D eigenvalue weighted by Crippen LogP contribution is -2.37. The summed E-state index contributed by atoms with van der Waals surface area (Å²) in [5, 5.41) is 7.47. The molecule has 1 radical (unpaired) electrons. The van der Waals surface area contributed by atoms with Gasteiger partial charge in [0.15, 0.2) is 0 Å². The number of hydrogen-bond donors (Lipinski definition) is 0. The van der Waals surface area contributed by atoms with Crippen LogP contribution in [-0.4, -0.2) is 57.0 Å². The second-order valence-corrected chi connectivity index (χ2v) is 23.4. The number of fused-ring (bicyclic) bond motifs is 9. The highest BCUT2D eigenvalue weighted by atomic mass is 31.0. The van der Waals surface area contributed by atoms with Crippen molar-refractivity contribution < 1.29 is 11.4 Å². The van der Waals surface area contributed by atoms with E-state index in [1.165, 1.54) is 44.5 Å². The minimum absolute atomic E-state index is 0. The minimum Gasteiger partial charge on any atom is -0.576 e. The van der Waals surface area contributed by atoms with Gasteiger partial charge in [-0.05, 0) is 119 Å². The molecule has 0 spiro atoms. The van der Waals surface area contributed by atoms with Gasteiger partial charge >= 0.3 is 15.1 Å². The molecular weight excluding hydrogens is 1160 g/mol. The summed E-state index contributed by atoms with van der Waals surface area (Å²) in [4.78, 5) is 32.7.